The number of hydrogen-bond donors (Lipinski definition) is 2. The van der Waals surface area contributed by atoms with Crippen LogP contribution in [0, 0.1) is 11.8 Å². The number of nitrogens with one attached hydrogen (secondary N) is 2. The molecule has 0 unspecified atom stereocenters. The number of carbonyl (C=O) groups is 2. The Kier molecular flexibility index (Phi) is 5.23. The van der Waals surface area contributed by atoms with Gasteiger partial charge in [0.2, 0.25) is 11.8 Å². The van der Waals surface area contributed by atoms with Crippen LogP contribution in [0.1, 0.15) is 42.2 Å². The van der Waals surface area contributed by atoms with E-state index in [2.05, 4.69) is 34.9 Å². The van der Waals surface area contributed by atoms with E-state index in [1.54, 1.807) is 0 Å². The van der Waals surface area contributed by atoms with Gasteiger partial charge in [0.15, 0.2) is 0 Å². The van der Waals surface area contributed by atoms with Crippen molar-refractivity contribution >= 4 is 11.8 Å². The molecule has 2 aliphatic carbocycles. The van der Waals surface area contributed by atoms with Crippen molar-refractivity contribution in [1.29, 1.82) is 0 Å². The first-order valence-corrected chi connectivity index (χ1v) is 9.89. The highest BCUT2D eigenvalue weighted by Gasteiger charge is 2.44. The molecule has 0 radical (unpaired) electrons. The Hall–Kier alpha value is -2.62. The summed E-state index contributed by atoms with van der Waals surface area (Å²) < 4.78 is 0. The minimum absolute atomic E-state index is 0.111. The van der Waals surface area contributed by atoms with Crippen LogP contribution in [-0.4, -0.2) is 24.9 Å². The van der Waals surface area contributed by atoms with Crippen LogP contribution in [0.2, 0.25) is 0 Å². The normalized spacial score (nSPS) is 25.5. The molecule has 0 aliphatic heterocycles. The molecular weight excluding hydrogens is 336 g/mol. The SMILES string of the molecule is O=C(NCCCNC(=O)[C@@H]1C[C@@H]1c1ccccc1)[C@@H]1C[C@@H]1c1ccccc1. The van der Waals surface area contributed by atoms with Crippen LogP contribution in [0.3, 0.4) is 0 Å². The van der Waals surface area contributed by atoms with Crippen molar-refractivity contribution in [2.24, 2.45) is 11.8 Å². The molecule has 4 atom stereocenters. The van der Waals surface area contributed by atoms with Crippen molar-refractivity contribution in [2.45, 2.75) is 31.1 Å². The molecule has 0 bridgehead atoms. The minimum Gasteiger partial charge on any atom is -0.356 e. The Morgan fingerprint density at radius 3 is 1.52 bits per heavy atom. The lowest BCUT2D eigenvalue weighted by atomic mass is 10.1. The lowest BCUT2D eigenvalue weighted by Crippen LogP contribution is -2.31. The highest BCUT2D eigenvalue weighted by atomic mass is 16.2. The predicted molar refractivity (Wildman–Crippen MR) is 105 cm³/mol. The summed E-state index contributed by atoms with van der Waals surface area (Å²) in [5, 5.41) is 6.01. The van der Waals surface area contributed by atoms with Gasteiger partial charge in [0, 0.05) is 24.9 Å². The van der Waals surface area contributed by atoms with E-state index < -0.39 is 0 Å². The lowest BCUT2D eigenvalue weighted by molar-refractivity contribution is -0.122. The molecule has 2 aromatic rings. The number of amides is 2. The maximum atomic E-state index is 12.2. The quantitative estimate of drug-likeness (QED) is 0.709. The molecule has 2 N–H and O–H groups in total. The highest BCUT2D eigenvalue weighted by Crippen LogP contribution is 2.48. The summed E-state index contributed by atoms with van der Waals surface area (Å²) >= 11 is 0. The van der Waals surface area contributed by atoms with E-state index in [1.165, 1.54) is 11.1 Å². The van der Waals surface area contributed by atoms with E-state index in [9.17, 15) is 9.59 Å². The summed E-state index contributed by atoms with van der Waals surface area (Å²) in [6.07, 6.45) is 2.65. The summed E-state index contributed by atoms with van der Waals surface area (Å²) in [5.41, 5.74) is 2.50. The molecular formula is C23H26N2O2. The van der Waals surface area contributed by atoms with Gasteiger partial charge in [0.1, 0.15) is 0 Å². The summed E-state index contributed by atoms with van der Waals surface area (Å²) in [6, 6.07) is 20.4. The average molecular weight is 362 g/mol. The zero-order chi connectivity index (χ0) is 18.6. The first-order chi connectivity index (χ1) is 13.2. The summed E-state index contributed by atoms with van der Waals surface area (Å²) in [5.74, 6) is 1.24. The molecule has 4 heteroatoms. The van der Waals surface area contributed by atoms with Gasteiger partial charge in [-0.2, -0.15) is 0 Å². The Morgan fingerprint density at radius 2 is 1.11 bits per heavy atom. The van der Waals surface area contributed by atoms with Gasteiger partial charge in [-0.15, -0.1) is 0 Å². The molecule has 0 heterocycles. The molecule has 27 heavy (non-hydrogen) atoms. The highest BCUT2D eigenvalue weighted by molar-refractivity contribution is 5.83. The number of carbonyl (C=O) groups excluding carboxylic acids is 2. The molecule has 2 fully saturated rings. The van der Waals surface area contributed by atoms with Crippen LogP contribution in [0.25, 0.3) is 0 Å². The van der Waals surface area contributed by atoms with E-state index in [4.69, 9.17) is 0 Å². The minimum atomic E-state index is 0.111. The Morgan fingerprint density at radius 1 is 0.704 bits per heavy atom. The molecule has 2 aromatic carbocycles. The number of benzene rings is 2. The molecule has 0 saturated heterocycles. The molecule has 4 rings (SSSR count). The van der Waals surface area contributed by atoms with Crippen molar-refractivity contribution in [3.63, 3.8) is 0 Å². The molecule has 2 saturated carbocycles. The maximum Gasteiger partial charge on any atom is 0.223 e. The second kappa shape index (κ2) is 7.95. The van der Waals surface area contributed by atoms with Crippen molar-refractivity contribution in [1.82, 2.24) is 10.6 Å². The number of rotatable bonds is 8. The Bertz CT molecular complexity index is 723. The second-order valence-corrected chi connectivity index (χ2v) is 7.65. The third-order valence-electron chi connectivity index (χ3n) is 5.66. The van der Waals surface area contributed by atoms with E-state index in [0.29, 0.717) is 24.9 Å². The standard InChI is InChI=1S/C23H26N2O2/c26-22(20-14-18(20)16-8-3-1-4-9-16)24-12-7-13-25-23(27)21-15-19(21)17-10-5-2-6-11-17/h1-6,8-11,18-21H,7,12-15H2,(H,24,26)(H,25,27)/t18-,19-,20-,21-/m1/s1. The lowest BCUT2D eigenvalue weighted by Gasteiger charge is -2.07. The van der Waals surface area contributed by atoms with E-state index in [-0.39, 0.29) is 23.7 Å². The van der Waals surface area contributed by atoms with Crippen LogP contribution < -0.4 is 10.6 Å². The van der Waals surface area contributed by atoms with Gasteiger partial charge in [-0.3, -0.25) is 9.59 Å². The van der Waals surface area contributed by atoms with Gasteiger partial charge in [0.25, 0.3) is 0 Å². The van der Waals surface area contributed by atoms with Crippen molar-refractivity contribution in [3.05, 3.63) is 71.8 Å². The van der Waals surface area contributed by atoms with Crippen LogP contribution in [0.4, 0.5) is 0 Å². The van der Waals surface area contributed by atoms with E-state index in [0.717, 1.165) is 19.3 Å². The van der Waals surface area contributed by atoms with Crippen molar-refractivity contribution in [2.75, 3.05) is 13.1 Å². The van der Waals surface area contributed by atoms with Gasteiger partial charge >= 0.3 is 0 Å². The maximum absolute atomic E-state index is 12.2. The van der Waals surface area contributed by atoms with E-state index >= 15 is 0 Å². The topological polar surface area (TPSA) is 58.2 Å². The zero-order valence-corrected chi connectivity index (χ0v) is 15.4. The molecule has 4 nitrogen and oxygen atoms in total. The summed E-state index contributed by atoms with van der Waals surface area (Å²) in [6.45, 7) is 1.23. The number of hydrogen-bond acceptors (Lipinski definition) is 2. The van der Waals surface area contributed by atoms with Gasteiger partial charge in [-0.05, 0) is 42.2 Å². The largest absolute Gasteiger partial charge is 0.356 e. The monoisotopic (exact) mass is 362 g/mol. The molecule has 2 amide bonds. The smallest absolute Gasteiger partial charge is 0.223 e. The van der Waals surface area contributed by atoms with Crippen molar-refractivity contribution in [3.8, 4) is 0 Å². The fourth-order valence-electron chi connectivity index (χ4n) is 3.88. The van der Waals surface area contributed by atoms with Gasteiger partial charge in [-0.25, -0.2) is 0 Å². The fraction of sp³-hybridized carbons (Fsp3) is 0.391. The van der Waals surface area contributed by atoms with E-state index in [1.807, 2.05) is 36.4 Å². The van der Waals surface area contributed by atoms with Crippen LogP contribution >= 0.6 is 0 Å². The summed E-state index contributed by atoms with van der Waals surface area (Å²) in [7, 11) is 0. The molecule has 140 valence electrons. The first kappa shape index (κ1) is 17.8. The van der Waals surface area contributed by atoms with Crippen LogP contribution in [0.15, 0.2) is 60.7 Å². The Labute approximate surface area is 160 Å². The Balaban J connectivity index is 1.10. The predicted octanol–water partition coefficient (Wildman–Crippen LogP) is 3.22. The molecule has 0 spiro atoms. The second-order valence-electron chi connectivity index (χ2n) is 7.65. The molecule has 0 aromatic heterocycles. The third kappa shape index (κ3) is 4.38. The van der Waals surface area contributed by atoms with Crippen molar-refractivity contribution < 1.29 is 9.59 Å². The van der Waals surface area contributed by atoms with Crippen LogP contribution in [-0.2, 0) is 9.59 Å². The average Bonchev–Trinajstić information content (AvgIpc) is 3.62. The third-order valence-corrected chi connectivity index (χ3v) is 5.66. The fourth-order valence-corrected chi connectivity index (χ4v) is 3.88. The molecule has 2 aliphatic rings. The van der Waals surface area contributed by atoms with Gasteiger partial charge < -0.3 is 10.6 Å². The van der Waals surface area contributed by atoms with Gasteiger partial charge in [-0.1, -0.05) is 60.7 Å². The summed E-state index contributed by atoms with van der Waals surface area (Å²) in [4.78, 5) is 24.4. The van der Waals surface area contributed by atoms with Gasteiger partial charge in [0.05, 0.1) is 0 Å². The van der Waals surface area contributed by atoms with Crippen LogP contribution in [0.5, 0.6) is 0 Å². The first-order valence-electron chi connectivity index (χ1n) is 9.89. The zero-order valence-electron chi connectivity index (χ0n) is 15.4.